The highest BCUT2D eigenvalue weighted by atomic mass is 35.5. The fraction of sp³-hybridized carbons (Fsp3) is 0. The lowest BCUT2D eigenvalue weighted by molar-refractivity contribution is -0.386. The van der Waals surface area contributed by atoms with Gasteiger partial charge in [-0.2, -0.15) is 0 Å². The Hall–Kier alpha value is -1.95. The van der Waals surface area contributed by atoms with Crippen LogP contribution in [0.25, 0.3) is 5.65 Å². The van der Waals surface area contributed by atoms with Crippen LogP contribution < -0.4 is 5.56 Å². The largest absolute Gasteiger partial charge is 0.371 e. The van der Waals surface area contributed by atoms with E-state index < -0.39 is 21.3 Å². The first-order chi connectivity index (χ1) is 7.11. The molecule has 0 unspecified atom stereocenters. The van der Waals surface area contributed by atoms with Crippen LogP contribution >= 0.6 is 11.6 Å². The first-order valence-electron chi connectivity index (χ1n) is 3.92. The van der Waals surface area contributed by atoms with Crippen LogP contribution in [0.3, 0.4) is 0 Å². The molecular weight excluding hydrogens is 222 g/mol. The number of rotatable bonds is 1. The monoisotopic (exact) mass is 225 g/mol. The zero-order chi connectivity index (χ0) is 11.0. The highest BCUT2D eigenvalue weighted by Crippen LogP contribution is 2.17. The lowest BCUT2D eigenvalue weighted by atomic mass is 10.4. The summed E-state index contributed by atoms with van der Waals surface area (Å²) in [5, 5.41) is 10.2. The summed E-state index contributed by atoms with van der Waals surface area (Å²) in [6.45, 7) is 0. The molecule has 76 valence electrons. The van der Waals surface area contributed by atoms with Gasteiger partial charge in [-0.15, -0.1) is 0 Å². The van der Waals surface area contributed by atoms with Crippen LogP contribution in [0.5, 0.6) is 0 Å². The molecule has 0 aliphatic carbocycles. The van der Waals surface area contributed by atoms with E-state index in [2.05, 4.69) is 4.98 Å². The van der Waals surface area contributed by atoms with Crippen LogP contribution in [0.15, 0.2) is 29.2 Å². The Balaban J connectivity index is 2.97. The second kappa shape index (κ2) is 3.32. The van der Waals surface area contributed by atoms with Gasteiger partial charge in [0.15, 0.2) is 0 Å². The molecule has 2 aromatic heterocycles. The lowest BCUT2D eigenvalue weighted by Gasteiger charge is -1.99. The molecule has 0 saturated carbocycles. The van der Waals surface area contributed by atoms with Gasteiger partial charge in [0, 0.05) is 6.20 Å². The predicted molar refractivity (Wildman–Crippen MR) is 53.1 cm³/mol. The Kier molecular flexibility index (Phi) is 2.12. The first-order valence-corrected chi connectivity index (χ1v) is 4.30. The van der Waals surface area contributed by atoms with E-state index in [4.69, 9.17) is 11.6 Å². The van der Waals surface area contributed by atoms with Crippen molar-refractivity contribution in [2.45, 2.75) is 0 Å². The van der Waals surface area contributed by atoms with E-state index >= 15 is 0 Å². The van der Waals surface area contributed by atoms with Crippen molar-refractivity contribution in [3.8, 4) is 0 Å². The Labute approximate surface area is 87.9 Å². The van der Waals surface area contributed by atoms with Gasteiger partial charge in [-0.05, 0) is 12.1 Å². The number of nitro groups is 1. The van der Waals surface area contributed by atoms with Crippen molar-refractivity contribution in [1.82, 2.24) is 9.38 Å². The number of pyridine rings is 1. The van der Waals surface area contributed by atoms with Crippen molar-refractivity contribution in [2.24, 2.45) is 0 Å². The van der Waals surface area contributed by atoms with Crippen molar-refractivity contribution in [3.63, 3.8) is 0 Å². The number of hydrogen-bond donors (Lipinski definition) is 0. The Morgan fingerprint density at radius 1 is 1.47 bits per heavy atom. The molecule has 7 heteroatoms. The number of halogens is 1. The molecular formula is C8H4ClN3O3. The van der Waals surface area contributed by atoms with E-state index in [1.807, 2.05) is 0 Å². The molecule has 15 heavy (non-hydrogen) atoms. The van der Waals surface area contributed by atoms with Crippen LogP contribution in [0.4, 0.5) is 5.69 Å². The fourth-order valence-corrected chi connectivity index (χ4v) is 1.44. The van der Waals surface area contributed by atoms with Crippen LogP contribution in [0, 0.1) is 10.1 Å². The molecule has 0 N–H and O–H groups in total. The second-order valence-corrected chi connectivity index (χ2v) is 3.10. The minimum Gasteiger partial charge on any atom is -0.262 e. The number of aromatic nitrogens is 2. The zero-order valence-corrected chi connectivity index (χ0v) is 8.01. The van der Waals surface area contributed by atoms with E-state index in [9.17, 15) is 14.9 Å². The summed E-state index contributed by atoms with van der Waals surface area (Å²) in [6.07, 6.45) is 1.40. The summed E-state index contributed by atoms with van der Waals surface area (Å²) in [5.74, 6) is 0. The molecule has 0 amide bonds. The quantitative estimate of drug-likeness (QED) is 0.416. The van der Waals surface area contributed by atoms with E-state index in [1.54, 1.807) is 12.1 Å². The summed E-state index contributed by atoms with van der Waals surface area (Å²) in [4.78, 5) is 25.0. The summed E-state index contributed by atoms with van der Waals surface area (Å²) in [6, 6.07) is 4.77. The number of nitrogens with zero attached hydrogens (tertiary/aromatic N) is 3. The first kappa shape index (κ1) is 9.60. The van der Waals surface area contributed by atoms with Crippen molar-refractivity contribution >= 4 is 22.9 Å². The van der Waals surface area contributed by atoms with Gasteiger partial charge in [-0.1, -0.05) is 17.7 Å². The maximum atomic E-state index is 11.6. The van der Waals surface area contributed by atoms with Crippen LogP contribution in [-0.2, 0) is 0 Å². The molecule has 0 saturated heterocycles. The van der Waals surface area contributed by atoms with Gasteiger partial charge in [0.2, 0.25) is 5.15 Å². The summed E-state index contributed by atoms with van der Waals surface area (Å²) < 4.78 is 1.07. The molecule has 0 spiro atoms. The zero-order valence-electron chi connectivity index (χ0n) is 7.25. The third-order valence-corrected chi connectivity index (χ3v) is 2.11. The van der Waals surface area contributed by atoms with Crippen LogP contribution in [0.1, 0.15) is 0 Å². The SMILES string of the molecule is O=c1c([N+](=O)[O-])c(Cl)nc2ccccn12. The standard InChI is InChI=1S/C8H4ClN3O3/c9-7-6(12(14)15)8(13)11-4-2-1-3-5(11)10-7/h1-4H. The third kappa shape index (κ3) is 1.44. The Bertz CT molecular complexity index is 608. The van der Waals surface area contributed by atoms with Gasteiger partial charge in [0.1, 0.15) is 5.65 Å². The maximum Gasteiger partial charge on any atom is 0.371 e. The second-order valence-electron chi connectivity index (χ2n) is 2.74. The minimum atomic E-state index is -0.836. The van der Waals surface area contributed by atoms with Crippen molar-refractivity contribution in [2.75, 3.05) is 0 Å². The van der Waals surface area contributed by atoms with Gasteiger partial charge in [0.05, 0.1) is 4.92 Å². The highest BCUT2D eigenvalue weighted by Gasteiger charge is 2.21. The molecule has 0 atom stereocenters. The molecule has 6 nitrogen and oxygen atoms in total. The molecule has 0 radical (unpaired) electrons. The molecule has 2 heterocycles. The third-order valence-electron chi connectivity index (χ3n) is 1.85. The van der Waals surface area contributed by atoms with Gasteiger partial charge < -0.3 is 0 Å². The average Bonchev–Trinajstić information content (AvgIpc) is 2.17. The number of fused-ring (bicyclic) bond motifs is 1. The lowest BCUT2D eigenvalue weighted by Crippen LogP contribution is -2.18. The molecule has 0 bridgehead atoms. The minimum absolute atomic E-state index is 0.276. The highest BCUT2D eigenvalue weighted by molar-refractivity contribution is 6.31. The fourth-order valence-electron chi connectivity index (χ4n) is 1.21. The number of hydrogen-bond acceptors (Lipinski definition) is 4. The predicted octanol–water partition coefficient (Wildman–Crippen LogP) is 1.26. The van der Waals surface area contributed by atoms with Crippen molar-refractivity contribution < 1.29 is 4.92 Å². The average molecular weight is 226 g/mol. The summed E-state index contributed by atoms with van der Waals surface area (Å²) >= 11 is 5.54. The van der Waals surface area contributed by atoms with E-state index in [0.29, 0.717) is 0 Å². The van der Waals surface area contributed by atoms with E-state index in [0.717, 1.165) is 4.40 Å². The molecule has 2 aromatic rings. The van der Waals surface area contributed by atoms with E-state index in [1.165, 1.54) is 12.3 Å². The van der Waals surface area contributed by atoms with Gasteiger partial charge in [-0.3, -0.25) is 19.3 Å². The summed E-state index contributed by atoms with van der Waals surface area (Å²) in [7, 11) is 0. The smallest absolute Gasteiger partial charge is 0.262 e. The van der Waals surface area contributed by atoms with Crippen molar-refractivity contribution in [3.05, 3.63) is 50.0 Å². The van der Waals surface area contributed by atoms with Crippen molar-refractivity contribution in [1.29, 1.82) is 0 Å². The normalized spacial score (nSPS) is 10.5. The van der Waals surface area contributed by atoms with E-state index in [-0.39, 0.29) is 5.65 Å². The van der Waals surface area contributed by atoms with Gasteiger partial charge >= 0.3 is 11.2 Å². The van der Waals surface area contributed by atoms with Crippen LogP contribution in [-0.4, -0.2) is 14.3 Å². The molecule has 0 aromatic carbocycles. The molecule has 0 fully saturated rings. The Morgan fingerprint density at radius 3 is 2.87 bits per heavy atom. The topological polar surface area (TPSA) is 77.5 Å². The molecule has 0 aliphatic heterocycles. The maximum absolute atomic E-state index is 11.6. The van der Waals surface area contributed by atoms with Crippen LogP contribution in [0.2, 0.25) is 5.15 Å². The molecule has 0 aliphatic rings. The Morgan fingerprint density at radius 2 is 2.20 bits per heavy atom. The van der Waals surface area contributed by atoms with Gasteiger partial charge in [-0.25, -0.2) is 4.98 Å². The summed E-state index contributed by atoms with van der Waals surface area (Å²) in [5.41, 5.74) is -1.21. The molecule has 2 rings (SSSR count). The van der Waals surface area contributed by atoms with Gasteiger partial charge in [0.25, 0.3) is 0 Å².